The summed E-state index contributed by atoms with van der Waals surface area (Å²) in [6.07, 6.45) is 2.06. The summed E-state index contributed by atoms with van der Waals surface area (Å²) in [5, 5.41) is 11.9. The highest BCUT2D eigenvalue weighted by Gasteiger charge is 2.38. The van der Waals surface area contributed by atoms with Gasteiger partial charge >= 0.3 is 5.97 Å². The number of nitrogens with zero attached hydrogens (tertiary/aromatic N) is 1. The molecule has 5 heteroatoms. The summed E-state index contributed by atoms with van der Waals surface area (Å²) in [7, 11) is 1.66. The van der Waals surface area contributed by atoms with Gasteiger partial charge in [0.05, 0.1) is 6.04 Å². The molecule has 0 aromatic heterocycles. The number of aliphatic carboxylic acids is 1. The molecular formula is C11H20N2O3. The maximum absolute atomic E-state index is 11.8. The van der Waals surface area contributed by atoms with Crippen LogP contribution in [0.3, 0.4) is 0 Å². The Labute approximate surface area is 95.8 Å². The summed E-state index contributed by atoms with van der Waals surface area (Å²) >= 11 is 0. The van der Waals surface area contributed by atoms with E-state index in [0.29, 0.717) is 6.04 Å². The Morgan fingerprint density at radius 1 is 1.44 bits per heavy atom. The van der Waals surface area contributed by atoms with Crippen LogP contribution in [0.5, 0.6) is 0 Å². The monoisotopic (exact) mass is 228 g/mol. The Morgan fingerprint density at radius 3 is 2.31 bits per heavy atom. The summed E-state index contributed by atoms with van der Waals surface area (Å²) in [6, 6.07) is -0.136. The van der Waals surface area contributed by atoms with E-state index < -0.39 is 17.6 Å². The van der Waals surface area contributed by atoms with E-state index in [0.717, 1.165) is 12.8 Å². The normalized spacial score (nSPS) is 18.3. The molecule has 0 heterocycles. The maximum atomic E-state index is 11.8. The second-order valence-corrected chi connectivity index (χ2v) is 4.93. The number of carboxylic acid groups (broad SMARTS) is 1. The van der Waals surface area contributed by atoms with E-state index in [9.17, 15) is 9.59 Å². The van der Waals surface area contributed by atoms with Crippen molar-refractivity contribution in [2.24, 2.45) is 0 Å². The van der Waals surface area contributed by atoms with Crippen molar-refractivity contribution >= 4 is 11.9 Å². The smallest absolute Gasteiger partial charge is 0.323 e. The fraction of sp³-hybridized carbons (Fsp3) is 0.818. The van der Waals surface area contributed by atoms with Gasteiger partial charge in [0.25, 0.3) is 0 Å². The second kappa shape index (κ2) is 4.41. The van der Waals surface area contributed by atoms with Gasteiger partial charge in [-0.3, -0.25) is 14.5 Å². The molecule has 0 aliphatic heterocycles. The van der Waals surface area contributed by atoms with Gasteiger partial charge in [-0.25, -0.2) is 0 Å². The van der Waals surface area contributed by atoms with Crippen LogP contribution >= 0.6 is 0 Å². The van der Waals surface area contributed by atoms with Gasteiger partial charge in [-0.05, 0) is 40.7 Å². The summed E-state index contributed by atoms with van der Waals surface area (Å²) in [5.41, 5.74) is -1.04. The Bertz CT molecular complexity index is 298. The first kappa shape index (κ1) is 13.0. The van der Waals surface area contributed by atoms with Crippen molar-refractivity contribution in [3.63, 3.8) is 0 Å². The zero-order valence-electron chi connectivity index (χ0n) is 10.3. The Morgan fingerprint density at radius 2 is 1.94 bits per heavy atom. The maximum Gasteiger partial charge on any atom is 0.323 e. The van der Waals surface area contributed by atoms with Gasteiger partial charge in [0.1, 0.15) is 5.54 Å². The fourth-order valence-electron chi connectivity index (χ4n) is 1.36. The van der Waals surface area contributed by atoms with E-state index in [2.05, 4.69) is 5.32 Å². The third kappa shape index (κ3) is 2.72. The van der Waals surface area contributed by atoms with Crippen molar-refractivity contribution in [2.45, 2.75) is 51.2 Å². The molecule has 16 heavy (non-hydrogen) atoms. The van der Waals surface area contributed by atoms with Gasteiger partial charge in [0.2, 0.25) is 5.91 Å². The van der Waals surface area contributed by atoms with E-state index in [1.807, 2.05) is 0 Å². The number of hydrogen-bond acceptors (Lipinski definition) is 3. The lowest BCUT2D eigenvalue weighted by atomic mass is 10.0. The van der Waals surface area contributed by atoms with Gasteiger partial charge in [0, 0.05) is 6.04 Å². The van der Waals surface area contributed by atoms with Crippen LogP contribution in [0.1, 0.15) is 33.6 Å². The Kier molecular flexibility index (Phi) is 3.57. The van der Waals surface area contributed by atoms with Crippen molar-refractivity contribution < 1.29 is 14.7 Å². The van der Waals surface area contributed by atoms with Gasteiger partial charge in [-0.15, -0.1) is 0 Å². The molecule has 0 bridgehead atoms. The molecule has 1 fully saturated rings. The van der Waals surface area contributed by atoms with Crippen LogP contribution in [-0.4, -0.2) is 46.6 Å². The Balaban J connectivity index is 2.60. The number of rotatable bonds is 5. The lowest BCUT2D eigenvalue weighted by Gasteiger charge is -2.35. The third-order valence-corrected chi connectivity index (χ3v) is 3.29. The van der Waals surface area contributed by atoms with E-state index >= 15 is 0 Å². The van der Waals surface area contributed by atoms with Crippen molar-refractivity contribution in [3.8, 4) is 0 Å². The summed E-state index contributed by atoms with van der Waals surface area (Å²) in [5.74, 6) is -1.03. The predicted octanol–water partition coefficient (Wildman–Crippen LogP) is 0.448. The molecule has 0 radical (unpaired) electrons. The van der Waals surface area contributed by atoms with Crippen molar-refractivity contribution in [3.05, 3.63) is 0 Å². The molecule has 0 saturated heterocycles. The van der Waals surface area contributed by atoms with Crippen LogP contribution in [0.25, 0.3) is 0 Å². The number of carbonyl (C=O) groups excluding carboxylic acids is 1. The fourth-order valence-corrected chi connectivity index (χ4v) is 1.36. The highest BCUT2D eigenvalue weighted by molar-refractivity contribution is 5.84. The van der Waals surface area contributed by atoms with Gasteiger partial charge in [0.15, 0.2) is 0 Å². The standard InChI is InChI=1S/C11H20N2O3/c1-7(9(14)12-8-5-6-8)13(4)11(2,3)10(15)16/h7-8H,5-6H2,1-4H3,(H,12,14)(H,15,16). The molecule has 2 N–H and O–H groups in total. The first-order valence-electron chi connectivity index (χ1n) is 5.53. The van der Waals surface area contributed by atoms with Crippen LogP contribution in [0.4, 0.5) is 0 Å². The molecule has 1 unspecified atom stereocenters. The van der Waals surface area contributed by atoms with Gasteiger partial charge in [-0.1, -0.05) is 0 Å². The molecule has 1 amide bonds. The van der Waals surface area contributed by atoms with Crippen LogP contribution in [0.2, 0.25) is 0 Å². The van der Waals surface area contributed by atoms with Gasteiger partial charge < -0.3 is 10.4 Å². The lowest BCUT2D eigenvalue weighted by Crippen LogP contribution is -2.56. The molecule has 0 spiro atoms. The molecular weight excluding hydrogens is 208 g/mol. The van der Waals surface area contributed by atoms with Crippen molar-refractivity contribution in [1.29, 1.82) is 0 Å². The number of nitrogens with one attached hydrogen (secondary N) is 1. The van der Waals surface area contributed by atoms with Gasteiger partial charge in [-0.2, -0.15) is 0 Å². The summed E-state index contributed by atoms with van der Waals surface area (Å²) < 4.78 is 0. The van der Waals surface area contributed by atoms with E-state index in [1.54, 1.807) is 32.7 Å². The average Bonchev–Trinajstić information content (AvgIpc) is 2.98. The van der Waals surface area contributed by atoms with Crippen molar-refractivity contribution in [2.75, 3.05) is 7.05 Å². The highest BCUT2D eigenvalue weighted by atomic mass is 16.4. The largest absolute Gasteiger partial charge is 0.480 e. The number of carbonyl (C=O) groups is 2. The minimum atomic E-state index is -1.04. The first-order chi connectivity index (χ1) is 7.26. The summed E-state index contributed by atoms with van der Waals surface area (Å²) in [6.45, 7) is 4.91. The van der Waals surface area contributed by atoms with Crippen LogP contribution < -0.4 is 5.32 Å². The summed E-state index contributed by atoms with van der Waals surface area (Å²) in [4.78, 5) is 24.4. The zero-order chi connectivity index (χ0) is 12.5. The lowest BCUT2D eigenvalue weighted by molar-refractivity contribution is -0.151. The van der Waals surface area contributed by atoms with E-state index in [4.69, 9.17) is 5.11 Å². The third-order valence-electron chi connectivity index (χ3n) is 3.29. The molecule has 1 aliphatic rings. The minimum Gasteiger partial charge on any atom is -0.480 e. The molecule has 0 aromatic carbocycles. The number of carboxylic acids is 1. The van der Waals surface area contributed by atoms with Crippen LogP contribution in [-0.2, 0) is 9.59 Å². The quantitative estimate of drug-likeness (QED) is 0.716. The van der Waals surface area contributed by atoms with E-state index in [-0.39, 0.29) is 5.91 Å². The molecule has 0 aromatic rings. The van der Waals surface area contributed by atoms with Crippen LogP contribution in [0, 0.1) is 0 Å². The van der Waals surface area contributed by atoms with E-state index in [1.165, 1.54) is 0 Å². The molecule has 1 rings (SSSR count). The zero-order valence-corrected chi connectivity index (χ0v) is 10.3. The molecule has 92 valence electrons. The molecule has 1 atom stereocenters. The highest BCUT2D eigenvalue weighted by Crippen LogP contribution is 2.20. The van der Waals surface area contributed by atoms with Crippen molar-refractivity contribution in [1.82, 2.24) is 10.2 Å². The second-order valence-electron chi connectivity index (χ2n) is 4.93. The average molecular weight is 228 g/mol. The SMILES string of the molecule is CC(C(=O)NC1CC1)N(C)C(C)(C)C(=O)O. The molecule has 1 saturated carbocycles. The Hall–Kier alpha value is -1.10. The molecule has 1 aliphatic carbocycles. The van der Waals surface area contributed by atoms with Crippen LogP contribution in [0.15, 0.2) is 0 Å². The number of amides is 1. The first-order valence-corrected chi connectivity index (χ1v) is 5.53. The topological polar surface area (TPSA) is 69.6 Å². The predicted molar refractivity (Wildman–Crippen MR) is 60.1 cm³/mol. The minimum absolute atomic E-state index is 0.0978. The molecule has 5 nitrogen and oxygen atoms in total. The number of likely N-dealkylation sites (N-methyl/N-ethyl adjacent to an activating group) is 1. The number of hydrogen-bond donors (Lipinski definition) is 2.